The van der Waals surface area contributed by atoms with Crippen molar-refractivity contribution in [2.45, 2.75) is 38.3 Å². The molecule has 0 spiro atoms. The predicted molar refractivity (Wildman–Crippen MR) is 122 cm³/mol. The fourth-order valence-corrected chi connectivity index (χ4v) is 5.02. The third-order valence-electron chi connectivity index (χ3n) is 6.92. The summed E-state index contributed by atoms with van der Waals surface area (Å²) in [7, 11) is 2.20. The molecule has 2 aliphatic heterocycles. The molecule has 1 atom stereocenters. The zero-order valence-corrected chi connectivity index (χ0v) is 17.9. The summed E-state index contributed by atoms with van der Waals surface area (Å²) in [4.78, 5) is 7.65. The summed E-state index contributed by atoms with van der Waals surface area (Å²) in [6, 6.07) is 18.9. The largest absolute Gasteiger partial charge is 0.396 e. The number of aliphatic hydroxyl groups excluding tert-OH is 1. The Morgan fingerprint density at radius 1 is 0.966 bits per heavy atom. The Labute approximate surface area is 175 Å². The van der Waals surface area contributed by atoms with Crippen LogP contribution in [0.5, 0.6) is 0 Å². The lowest BCUT2D eigenvalue weighted by atomic mass is 9.97. The summed E-state index contributed by atoms with van der Waals surface area (Å²) in [5, 5.41) is 9.36. The van der Waals surface area contributed by atoms with E-state index < -0.39 is 0 Å². The van der Waals surface area contributed by atoms with E-state index in [2.05, 4.69) is 77.2 Å². The van der Waals surface area contributed by atoms with Crippen molar-refractivity contribution in [3.8, 4) is 11.1 Å². The maximum Gasteiger partial charge on any atom is 0.0446 e. The molecule has 0 amide bonds. The quantitative estimate of drug-likeness (QED) is 0.840. The molecule has 0 radical (unpaired) electrons. The molecule has 4 heteroatoms. The molecule has 2 fully saturated rings. The van der Waals surface area contributed by atoms with Crippen LogP contribution < -0.4 is 4.90 Å². The minimum absolute atomic E-state index is 0.290. The SMILES string of the molecule is Cc1ccccc1-c1cccc(N2CCC(N3CCN(C)C(CCO)C3)CC2)c1. The van der Waals surface area contributed by atoms with Gasteiger partial charge in [0.25, 0.3) is 0 Å². The Balaban J connectivity index is 1.39. The van der Waals surface area contributed by atoms with Gasteiger partial charge < -0.3 is 14.9 Å². The van der Waals surface area contributed by atoms with Gasteiger partial charge in [0.1, 0.15) is 0 Å². The molecular weight excluding hydrogens is 358 g/mol. The van der Waals surface area contributed by atoms with Gasteiger partial charge in [-0.3, -0.25) is 4.90 Å². The topological polar surface area (TPSA) is 30.0 Å². The molecule has 2 aromatic rings. The van der Waals surface area contributed by atoms with Crippen LogP contribution >= 0.6 is 0 Å². The Hall–Kier alpha value is -1.88. The van der Waals surface area contributed by atoms with Crippen molar-refractivity contribution in [3.05, 3.63) is 54.1 Å². The van der Waals surface area contributed by atoms with E-state index in [1.54, 1.807) is 0 Å². The fourth-order valence-electron chi connectivity index (χ4n) is 5.02. The van der Waals surface area contributed by atoms with Crippen LogP contribution in [0.4, 0.5) is 5.69 Å². The highest BCUT2D eigenvalue weighted by Crippen LogP contribution is 2.29. The molecule has 1 unspecified atom stereocenters. The maximum absolute atomic E-state index is 9.36. The molecule has 29 heavy (non-hydrogen) atoms. The zero-order chi connectivity index (χ0) is 20.2. The number of aryl methyl sites for hydroxylation is 1. The van der Waals surface area contributed by atoms with E-state index >= 15 is 0 Å². The van der Waals surface area contributed by atoms with Gasteiger partial charge in [0.15, 0.2) is 0 Å². The number of likely N-dealkylation sites (N-methyl/N-ethyl adjacent to an activating group) is 1. The van der Waals surface area contributed by atoms with Crippen LogP contribution in [-0.2, 0) is 0 Å². The van der Waals surface area contributed by atoms with Crippen LogP contribution in [0.25, 0.3) is 11.1 Å². The third-order valence-corrected chi connectivity index (χ3v) is 6.92. The molecular formula is C25H35N3O. The molecule has 156 valence electrons. The highest BCUT2D eigenvalue weighted by atomic mass is 16.3. The van der Waals surface area contributed by atoms with Crippen molar-refractivity contribution in [1.29, 1.82) is 0 Å². The number of anilines is 1. The minimum atomic E-state index is 0.290. The van der Waals surface area contributed by atoms with Crippen molar-refractivity contribution in [2.24, 2.45) is 0 Å². The summed E-state index contributed by atoms with van der Waals surface area (Å²) in [5.41, 5.74) is 5.32. The summed E-state index contributed by atoms with van der Waals surface area (Å²) >= 11 is 0. The first-order valence-corrected chi connectivity index (χ1v) is 11.1. The molecule has 2 aromatic carbocycles. The van der Waals surface area contributed by atoms with Crippen LogP contribution in [-0.4, -0.2) is 73.4 Å². The lowest BCUT2D eigenvalue weighted by Crippen LogP contribution is -2.56. The van der Waals surface area contributed by atoms with Gasteiger partial charge in [0, 0.05) is 57.1 Å². The van der Waals surface area contributed by atoms with Gasteiger partial charge in [-0.05, 0) is 62.1 Å². The number of piperazine rings is 1. The number of benzene rings is 2. The first-order chi connectivity index (χ1) is 14.2. The van der Waals surface area contributed by atoms with Crippen molar-refractivity contribution in [2.75, 3.05) is 51.3 Å². The monoisotopic (exact) mass is 393 g/mol. The lowest BCUT2D eigenvalue weighted by Gasteiger charge is -2.45. The van der Waals surface area contributed by atoms with Crippen molar-refractivity contribution in [1.82, 2.24) is 9.80 Å². The third kappa shape index (κ3) is 4.66. The first-order valence-electron chi connectivity index (χ1n) is 11.1. The average Bonchev–Trinajstić information content (AvgIpc) is 2.76. The Morgan fingerprint density at radius 2 is 1.76 bits per heavy atom. The summed E-state index contributed by atoms with van der Waals surface area (Å²) in [6.07, 6.45) is 3.34. The number of piperidine rings is 1. The zero-order valence-electron chi connectivity index (χ0n) is 17.9. The Kier molecular flexibility index (Phi) is 6.53. The number of nitrogens with zero attached hydrogens (tertiary/aromatic N) is 3. The van der Waals surface area contributed by atoms with Gasteiger partial charge in [-0.2, -0.15) is 0 Å². The number of aliphatic hydroxyl groups is 1. The second-order valence-corrected chi connectivity index (χ2v) is 8.73. The highest BCUT2D eigenvalue weighted by Gasteiger charge is 2.30. The molecule has 4 rings (SSSR count). The van der Waals surface area contributed by atoms with E-state index in [1.807, 2.05) is 0 Å². The number of hydrogen-bond acceptors (Lipinski definition) is 4. The fraction of sp³-hybridized carbons (Fsp3) is 0.520. The lowest BCUT2D eigenvalue weighted by molar-refractivity contribution is 0.0446. The molecule has 1 N–H and O–H groups in total. The van der Waals surface area contributed by atoms with Crippen LogP contribution in [0.1, 0.15) is 24.8 Å². The van der Waals surface area contributed by atoms with E-state index in [1.165, 1.54) is 35.2 Å². The van der Waals surface area contributed by atoms with Gasteiger partial charge in [0.2, 0.25) is 0 Å². The van der Waals surface area contributed by atoms with Gasteiger partial charge in [-0.25, -0.2) is 0 Å². The standard InChI is InChI=1S/C25H35N3O/c1-20-6-3-4-9-25(20)21-7-5-8-23(18-21)27-13-10-22(11-14-27)28-16-15-26(2)24(19-28)12-17-29/h3-9,18,22,24,29H,10-17,19H2,1-2H3. The van der Waals surface area contributed by atoms with Crippen molar-refractivity contribution >= 4 is 5.69 Å². The predicted octanol–water partition coefficient (Wildman–Crippen LogP) is 3.63. The Morgan fingerprint density at radius 3 is 2.52 bits per heavy atom. The van der Waals surface area contributed by atoms with Crippen LogP contribution in [0, 0.1) is 6.92 Å². The molecule has 2 saturated heterocycles. The second kappa shape index (κ2) is 9.29. The summed E-state index contributed by atoms with van der Waals surface area (Å²) in [5.74, 6) is 0. The van der Waals surface area contributed by atoms with Crippen LogP contribution in [0.15, 0.2) is 48.5 Å². The van der Waals surface area contributed by atoms with Crippen molar-refractivity contribution < 1.29 is 5.11 Å². The minimum Gasteiger partial charge on any atom is -0.396 e. The average molecular weight is 394 g/mol. The second-order valence-electron chi connectivity index (χ2n) is 8.73. The van der Waals surface area contributed by atoms with Gasteiger partial charge in [0.05, 0.1) is 0 Å². The van der Waals surface area contributed by atoms with Gasteiger partial charge >= 0.3 is 0 Å². The molecule has 0 saturated carbocycles. The Bertz CT molecular complexity index is 800. The first kappa shape index (κ1) is 20.4. The van der Waals surface area contributed by atoms with E-state index in [9.17, 15) is 5.11 Å². The molecule has 0 aromatic heterocycles. The van der Waals surface area contributed by atoms with Gasteiger partial charge in [-0.15, -0.1) is 0 Å². The van der Waals surface area contributed by atoms with E-state index in [4.69, 9.17) is 0 Å². The van der Waals surface area contributed by atoms with E-state index in [-0.39, 0.29) is 0 Å². The molecule has 2 aliphatic rings. The smallest absolute Gasteiger partial charge is 0.0446 e. The normalized spacial score (nSPS) is 22.2. The van der Waals surface area contributed by atoms with Crippen LogP contribution in [0.2, 0.25) is 0 Å². The van der Waals surface area contributed by atoms with Crippen LogP contribution in [0.3, 0.4) is 0 Å². The summed E-state index contributed by atoms with van der Waals surface area (Å²) < 4.78 is 0. The molecule has 4 nitrogen and oxygen atoms in total. The molecule has 0 bridgehead atoms. The highest BCUT2D eigenvalue weighted by molar-refractivity contribution is 5.71. The molecule has 0 aliphatic carbocycles. The maximum atomic E-state index is 9.36. The summed E-state index contributed by atoms with van der Waals surface area (Å²) in [6.45, 7) is 8.10. The van der Waals surface area contributed by atoms with Gasteiger partial charge in [-0.1, -0.05) is 36.4 Å². The van der Waals surface area contributed by atoms with E-state index in [0.29, 0.717) is 18.7 Å². The number of rotatable bonds is 5. The van der Waals surface area contributed by atoms with E-state index in [0.717, 1.165) is 39.1 Å². The van der Waals surface area contributed by atoms with Crippen molar-refractivity contribution in [3.63, 3.8) is 0 Å². The number of hydrogen-bond donors (Lipinski definition) is 1. The molecule has 2 heterocycles.